The molecule has 5 heteroatoms. The topological polar surface area (TPSA) is 0 Å². The number of benzene rings is 8. The normalized spacial score (nSPS) is 10.9. The Morgan fingerprint density at radius 3 is 0.386 bits per heavy atom. The summed E-state index contributed by atoms with van der Waals surface area (Å²) in [7, 11) is -1.39. The Balaban J connectivity index is 0.000000189. The molecule has 0 aromatic heterocycles. The molecule has 0 nitrogen and oxygen atoms in total. The molecule has 0 atom stereocenters. The maximum atomic E-state index is 2.30. The summed E-state index contributed by atoms with van der Waals surface area (Å²) in [4.78, 5) is 0. The van der Waals surface area contributed by atoms with E-state index in [1.54, 1.807) is 0 Å². The van der Waals surface area contributed by atoms with Gasteiger partial charge in [0.1, 0.15) is 0 Å². The van der Waals surface area contributed by atoms with Crippen LogP contribution in [0.25, 0.3) is 0 Å². The molecule has 0 N–H and O–H groups in total. The second kappa shape index (κ2) is 23.4. The Hall–Kier alpha value is -4.00. The number of rotatable bonds is 14. The Bertz CT molecular complexity index is 1760. The fourth-order valence-corrected chi connectivity index (χ4v) is 17.6. The summed E-state index contributed by atoms with van der Waals surface area (Å²) >= 11 is 0. The maximum Gasteiger partial charge on any atom is 0 e. The summed E-state index contributed by atoms with van der Waals surface area (Å²) in [6, 6.07) is 88.4. The van der Waals surface area contributed by atoms with Gasteiger partial charge in [-0.2, -0.15) is 0 Å². The average molecular weight is 860 g/mol. The van der Waals surface area contributed by atoms with Crippen LogP contribution in [0.4, 0.5) is 0 Å². The SMILES string of the molecule is [Cu].c1ccc(P(CCP(c2ccccc2)c2ccccc2)c2ccccc2)cc1.c1ccc(P(CCP(c2ccccc2)c2ccccc2)c2ccccc2)cc1. The molecule has 287 valence electrons. The molecule has 8 aromatic carbocycles. The molecule has 0 spiro atoms. The van der Waals surface area contributed by atoms with Crippen LogP contribution < -0.4 is 42.4 Å². The summed E-state index contributed by atoms with van der Waals surface area (Å²) in [5.41, 5.74) is 0. The first-order valence-electron chi connectivity index (χ1n) is 19.3. The summed E-state index contributed by atoms with van der Waals surface area (Å²) in [6.45, 7) is 0. The molecule has 8 aromatic rings. The fraction of sp³-hybridized carbons (Fsp3) is 0.0769. The van der Waals surface area contributed by atoms with Crippen LogP contribution in [0.2, 0.25) is 0 Å². The van der Waals surface area contributed by atoms with Crippen molar-refractivity contribution in [2.24, 2.45) is 0 Å². The Labute approximate surface area is 356 Å². The van der Waals surface area contributed by atoms with Gasteiger partial charge in [-0.1, -0.05) is 243 Å². The van der Waals surface area contributed by atoms with Crippen molar-refractivity contribution < 1.29 is 17.1 Å². The van der Waals surface area contributed by atoms with Gasteiger partial charge in [-0.15, -0.1) is 0 Å². The molecule has 0 aliphatic rings. The van der Waals surface area contributed by atoms with Crippen molar-refractivity contribution in [3.05, 3.63) is 243 Å². The molecule has 0 heterocycles. The molecular formula is C52H48CuP4. The van der Waals surface area contributed by atoms with Gasteiger partial charge in [-0.05, 0) is 98.8 Å². The van der Waals surface area contributed by atoms with Gasteiger partial charge in [0.25, 0.3) is 0 Å². The van der Waals surface area contributed by atoms with Crippen molar-refractivity contribution in [2.75, 3.05) is 24.6 Å². The fourth-order valence-electron chi connectivity index (χ4n) is 6.89. The third-order valence-electron chi connectivity index (χ3n) is 9.64. The van der Waals surface area contributed by atoms with Crippen LogP contribution in [0.15, 0.2) is 243 Å². The van der Waals surface area contributed by atoms with E-state index < -0.39 is 0 Å². The third kappa shape index (κ3) is 12.5. The van der Waals surface area contributed by atoms with Gasteiger partial charge in [0.15, 0.2) is 0 Å². The van der Waals surface area contributed by atoms with Crippen LogP contribution in [0, 0.1) is 0 Å². The van der Waals surface area contributed by atoms with E-state index in [9.17, 15) is 0 Å². The predicted molar refractivity (Wildman–Crippen MR) is 256 cm³/mol. The first-order chi connectivity index (χ1) is 27.8. The van der Waals surface area contributed by atoms with Crippen LogP contribution in [0.1, 0.15) is 0 Å². The molecule has 8 rings (SSSR count). The van der Waals surface area contributed by atoms with Gasteiger partial charge >= 0.3 is 0 Å². The van der Waals surface area contributed by atoms with Crippen molar-refractivity contribution in [1.82, 2.24) is 0 Å². The van der Waals surface area contributed by atoms with Crippen molar-refractivity contribution in [1.29, 1.82) is 0 Å². The van der Waals surface area contributed by atoms with Gasteiger partial charge in [0.2, 0.25) is 0 Å². The molecular weight excluding hydrogens is 812 g/mol. The Morgan fingerprint density at radius 1 is 0.175 bits per heavy atom. The third-order valence-corrected chi connectivity index (χ3v) is 20.4. The molecule has 0 fully saturated rings. The van der Waals surface area contributed by atoms with Crippen LogP contribution in [0.3, 0.4) is 0 Å². The molecule has 57 heavy (non-hydrogen) atoms. The van der Waals surface area contributed by atoms with Crippen molar-refractivity contribution in [2.45, 2.75) is 0 Å². The van der Waals surface area contributed by atoms with E-state index in [0.717, 1.165) is 0 Å². The van der Waals surface area contributed by atoms with E-state index in [2.05, 4.69) is 243 Å². The standard InChI is InChI=1S/2C26H24P2.Cu/c2*1-5-13-23(14-6-1)27(24-15-7-2-8-16-24)21-22-28(25-17-9-3-10-18-25)26-19-11-4-12-20-26;/h2*1-20H,21-22H2;. The zero-order valence-corrected chi connectivity index (χ0v) is 36.5. The van der Waals surface area contributed by atoms with E-state index in [-0.39, 0.29) is 48.8 Å². The second-order valence-corrected chi connectivity index (χ2v) is 22.6. The quantitative estimate of drug-likeness (QED) is 0.0755. The Morgan fingerprint density at radius 2 is 0.281 bits per heavy atom. The Kier molecular flexibility index (Phi) is 17.5. The molecule has 1 radical (unpaired) electrons. The smallest absolute Gasteiger partial charge is 0 e. The largest absolute Gasteiger partial charge is 0.0622 e. The summed E-state index contributed by atoms with van der Waals surface area (Å²) in [5, 5.41) is 11.8. The van der Waals surface area contributed by atoms with Crippen molar-refractivity contribution in [3.63, 3.8) is 0 Å². The summed E-state index contributed by atoms with van der Waals surface area (Å²) < 4.78 is 0. The van der Waals surface area contributed by atoms with Gasteiger partial charge in [0.05, 0.1) is 0 Å². The molecule has 0 unspecified atom stereocenters. The minimum atomic E-state index is -0.348. The van der Waals surface area contributed by atoms with Crippen LogP contribution in [-0.2, 0) is 17.1 Å². The van der Waals surface area contributed by atoms with Gasteiger partial charge in [-0.25, -0.2) is 0 Å². The summed E-state index contributed by atoms with van der Waals surface area (Å²) in [5.74, 6) is 0. The second-order valence-electron chi connectivity index (χ2n) is 13.3. The van der Waals surface area contributed by atoms with E-state index in [1.165, 1.54) is 67.1 Å². The van der Waals surface area contributed by atoms with E-state index in [0.29, 0.717) is 0 Å². The predicted octanol–water partition coefficient (Wildman–Crippen LogP) is 10.5. The van der Waals surface area contributed by atoms with E-state index >= 15 is 0 Å². The zero-order chi connectivity index (χ0) is 38.0. The molecule has 0 saturated heterocycles. The molecule has 0 bridgehead atoms. The van der Waals surface area contributed by atoms with Gasteiger partial charge < -0.3 is 0 Å². The van der Waals surface area contributed by atoms with Gasteiger partial charge in [0, 0.05) is 17.1 Å². The number of hydrogen-bond donors (Lipinski definition) is 0. The van der Waals surface area contributed by atoms with Crippen molar-refractivity contribution in [3.8, 4) is 0 Å². The van der Waals surface area contributed by atoms with Crippen LogP contribution in [0.5, 0.6) is 0 Å². The monoisotopic (exact) mass is 859 g/mol. The first-order valence-corrected chi connectivity index (χ1v) is 25.4. The van der Waals surface area contributed by atoms with Gasteiger partial charge in [-0.3, -0.25) is 0 Å². The first kappa shape index (κ1) is 42.6. The maximum absolute atomic E-state index is 2.30. The molecule has 0 aliphatic heterocycles. The molecule has 0 saturated carbocycles. The van der Waals surface area contributed by atoms with Crippen LogP contribution >= 0.6 is 31.7 Å². The van der Waals surface area contributed by atoms with Crippen LogP contribution in [-0.4, -0.2) is 24.6 Å². The minimum absolute atomic E-state index is 0. The molecule has 0 amide bonds. The number of hydrogen-bond acceptors (Lipinski definition) is 0. The van der Waals surface area contributed by atoms with Crippen molar-refractivity contribution >= 4 is 74.1 Å². The average Bonchev–Trinajstić information content (AvgIpc) is 3.29. The summed E-state index contributed by atoms with van der Waals surface area (Å²) in [6.07, 6.45) is 4.83. The van der Waals surface area contributed by atoms with E-state index in [4.69, 9.17) is 0 Å². The zero-order valence-electron chi connectivity index (χ0n) is 32.0. The van der Waals surface area contributed by atoms with E-state index in [1.807, 2.05) is 0 Å². The minimum Gasteiger partial charge on any atom is -0.0622 e. The molecule has 0 aliphatic carbocycles.